The second kappa shape index (κ2) is 6.66. The summed E-state index contributed by atoms with van der Waals surface area (Å²) >= 11 is 1.49. The lowest BCUT2D eigenvalue weighted by Crippen LogP contribution is -2.43. The Morgan fingerprint density at radius 1 is 1.37 bits per heavy atom. The quantitative estimate of drug-likeness (QED) is 0.866. The fourth-order valence-electron chi connectivity index (χ4n) is 2.71. The van der Waals surface area contributed by atoms with Gasteiger partial charge in [-0.3, -0.25) is 0 Å². The second-order valence-electron chi connectivity index (χ2n) is 5.34. The van der Waals surface area contributed by atoms with Crippen molar-refractivity contribution < 1.29 is 4.74 Å². The predicted molar refractivity (Wildman–Crippen MR) is 79.8 cm³/mol. The van der Waals surface area contributed by atoms with E-state index in [1.54, 1.807) is 0 Å². The van der Waals surface area contributed by atoms with Crippen LogP contribution in [0.5, 0.6) is 0 Å². The van der Waals surface area contributed by atoms with Gasteiger partial charge in [0.15, 0.2) is 0 Å². The molecule has 1 fully saturated rings. The largest absolute Gasteiger partial charge is 0.375 e. The van der Waals surface area contributed by atoms with Crippen molar-refractivity contribution in [3.8, 4) is 0 Å². The SMILES string of the molecule is CCCc1nsc(NC2CCOC(CC)(CC)C2)n1. The summed E-state index contributed by atoms with van der Waals surface area (Å²) in [4.78, 5) is 4.55. The van der Waals surface area contributed by atoms with Gasteiger partial charge in [-0.15, -0.1) is 0 Å². The number of nitrogens with one attached hydrogen (secondary N) is 1. The summed E-state index contributed by atoms with van der Waals surface area (Å²) in [6, 6.07) is 0.469. The lowest BCUT2D eigenvalue weighted by atomic mass is 9.86. The molecule has 2 rings (SSSR count). The first kappa shape index (κ1) is 14.7. The Morgan fingerprint density at radius 3 is 2.84 bits per heavy atom. The predicted octanol–water partition coefficient (Wildman–Crippen LogP) is 3.64. The second-order valence-corrected chi connectivity index (χ2v) is 6.09. The standard InChI is InChI=1S/C14H25N3OS/c1-4-7-12-16-13(19-17-12)15-11-8-9-18-14(5-2,6-3)10-11/h11H,4-10H2,1-3H3,(H,15,16,17). The molecule has 4 nitrogen and oxygen atoms in total. The normalized spacial score (nSPS) is 22.4. The summed E-state index contributed by atoms with van der Waals surface area (Å²) in [7, 11) is 0. The number of rotatable bonds is 6. The third-order valence-corrected chi connectivity index (χ3v) is 4.74. The number of hydrogen-bond donors (Lipinski definition) is 1. The highest BCUT2D eigenvalue weighted by atomic mass is 32.1. The van der Waals surface area contributed by atoms with Crippen molar-refractivity contribution in [1.29, 1.82) is 0 Å². The van der Waals surface area contributed by atoms with Crippen molar-refractivity contribution >= 4 is 16.7 Å². The minimum atomic E-state index is 0.0624. The molecule has 0 radical (unpaired) electrons. The van der Waals surface area contributed by atoms with Crippen molar-refractivity contribution in [2.24, 2.45) is 0 Å². The molecule has 19 heavy (non-hydrogen) atoms. The summed E-state index contributed by atoms with van der Waals surface area (Å²) in [6.45, 7) is 7.44. The van der Waals surface area contributed by atoms with Crippen LogP contribution in [0.25, 0.3) is 0 Å². The van der Waals surface area contributed by atoms with E-state index in [4.69, 9.17) is 4.74 Å². The Balaban J connectivity index is 1.94. The Labute approximate surface area is 120 Å². The highest BCUT2D eigenvalue weighted by molar-refractivity contribution is 7.09. The molecular formula is C14H25N3OS. The molecule has 0 aromatic carbocycles. The van der Waals surface area contributed by atoms with E-state index in [9.17, 15) is 0 Å². The molecule has 1 N–H and O–H groups in total. The number of aromatic nitrogens is 2. The molecule has 0 spiro atoms. The summed E-state index contributed by atoms with van der Waals surface area (Å²) in [5.41, 5.74) is 0.0624. The van der Waals surface area contributed by atoms with E-state index >= 15 is 0 Å². The van der Waals surface area contributed by atoms with Crippen LogP contribution in [0.4, 0.5) is 5.13 Å². The minimum Gasteiger partial charge on any atom is -0.375 e. The first-order chi connectivity index (χ1) is 9.21. The molecule has 1 aliphatic heterocycles. The average Bonchev–Trinajstić information content (AvgIpc) is 2.87. The highest BCUT2D eigenvalue weighted by Gasteiger charge is 2.34. The molecule has 1 aromatic rings. The van der Waals surface area contributed by atoms with Gasteiger partial charge in [-0.25, -0.2) is 4.98 Å². The lowest BCUT2D eigenvalue weighted by Gasteiger charge is -2.40. The van der Waals surface area contributed by atoms with Gasteiger partial charge in [0.05, 0.1) is 5.60 Å². The molecule has 1 atom stereocenters. The summed E-state index contributed by atoms with van der Waals surface area (Å²) < 4.78 is 10.4. The van der Waals surface area contributed by atoms with E-state index in [0.29, 0.717) is 6.04 Å². The van der Waals surface area contributed by atoms with Crippen LogP contribution in [0.2, 0.25) is 0 Å². The van der Waals surface area contributed by atoms with Gasteiger partial charge in [0.1, 0.15) is 5.82 Å². The van der Waals surface area contributed by atoms with Gasteiger partial charge in [0.25, 0.3) is 0 Å². The maximum absolute atomic E-state index is 6.00. The number of ether oxygens (including phenoxy) is 1. The summed E-state index contributed by atoms with van der Waals surface area (Å²) in [5.74, 6) is 0.972. The first-order valence-electron chi connectivity index (χ1n) is 7.44. The Kier molecular flexibility index (Phi) is 5.16. The van der Waals surface area contributed by atoms with Crippen LogP contribution in [0.1, 0.15) is 58.7 Å². The monoisotopic (exact) mass is 283 g/mol. The van der Waals surface area contributed by atoms with E-state index in [1.807, 2.05) is 0 Å². The van der Waals surface area contributed by atoms with Crippen LogP contribution < -0.4 is 5.32 Å². The van der Waals surface area contributed by atoms with Gasteiger partial charge in [-0.1, -0.05) is 20.8 Å². The van der Waals surface area contributed by atoms with Gasteiger partial charge >= 0.3 is 0 Å². The number of anilines is 1. The zero-order valence-corrected chi connectivity index (χ0v) is 13.1. The number of nitrogens with zero attached hydrogens (tertiary/aromatic N) is 2. The van der Waals surface area contributed by atoms with E-state index in [0.717, 1.165) is 56.1 Å². The van der Waals surface area contributed by atoms with Gasteiger partial charge in [-0.05, 0) is 32.1 Å². The molecule has 1 aromatic heterocycles. The minimum absolute atomic E-state index is 0.0624. The molecule has 1 aliphatic rings. The fourth-order valence-corrected chi connectivity index (χ4v) is 3.40. The van der Waals surface area contributed by atoms with Crippen molar-refractivity contribution in [3.05, 3.63) is 5.82 Å². The van der Waals surface area contributed by atoms with Gasteiger partial charge in [-0.2, -0.15) is 4.37 Å². The zero-order valence-electron chi connectivity index (χ0n) is 12.2. The summed E-state index contributed by atoms with van der Waals surface area (Å²) in [6.07, 6.45) is 6.37. The Morgan fingerprint density at radius 2 is 2.16 bits per heavy atom. The molecule has 5 heteroatoms. The Hall–Kier alpha value is -0.680. The van der Waals surface area contributed by atoms with Gasteiger partial charge in [0, 0.05) is 30.6 Å². The molecule has 1 unspecified atom stereocenters. The third-order valence-electron chi connectivity index (χ3n) is 4.05. The van der Waals surface area contributed by atoms with Crippen molar-refractivity contribution in [2.45, 2.75) is 70.9 Å². The van der Waals surface area contributed by atoms with Crippen LogP contribution in [0, 0.1) is 0 Å². The highest BCUT2D eigenvalue weighted by Crippen LogP contribution is 2.32. The van der Waals surface area contributed by atoms with Crippen LogP contribution in [0.3, 0.4) is 0 Å². The molecule has 0 saturated carbocycles. The molecule has 108 valence electrons. The smallest absolute Gasteiger partial charge is 0.202 e. The van der Waals surface area contributed by atoms with Crippen LogP contribution in [0.15, 0.2) is 0 Å². The number of hydrogen-bond acceptors (Lipinski definition) is 5. The van der Waals surface area contributed by atoms with Crippen LogP contribution in [-0.4, -0.2) is 27.6 Å². The van der Waals surface area contributed by atoms with E-state index < -0.39 is 0 Å². The zero-order chi connectivity index (χ0) is 13.7. The van der Waals surface area contributed by atoms with E-state index in [2.05, 4.69) is 35.4 Å². The molecule has 0 aliphatic carbocycles. The Bertz CT molecular complexity index is 390. The van der Waals surface area contributed by atoms with Crippen LogP contribution >= 0.6 is 11.5 Å². The topological polar surface area (TPSA) is 47.0 Å². The van der Waals surface area contributed by atoms with E-state index in [-0.39, 0.29) is 5.60 Å². The van der Waals surface area contributed by atoms with Gasteiger partial charge in [0.2, 0.25) is 5.13 Å². The molecule has 1 saturated heterocycles. The first-order valence-corrected chi connectivity index (χ1v) is 8.21. The average molecular weight is 283 g/mol. The fraction of sp³-hybridized carbons (Fsp3) is 0.857. The maximum Gasteiger partial charge on any atom is 0.202 e. The third kappa shape index (κ3) is 3.66. The van der Waals surface area contributed by atoms with Gasteiger partial charge < -0.3 is 10.1 Å². The van der Waals surface area contributed by atoms with E-state index in [1.165, 1.54) is 11.5 Å². The molecule has 0 bridgehead atoms. The van der Waals surface area contributed by atoms with Crippen LogP contribution in [-0.2, 0) is 11.2 Å². The molecule has 2 heterocycles. The summed E-state index contributed by atoms with van der Waals surface area (Å²) in [5, 5.41) is 4.52. The lowest BCUT2D eigenvalue weighted by molar-refractivity contribution is -0.0864. The molecular weight excluding hydrogens is 258 g/mol. The van der Waals surface area contributed by atoms with Crippen molar-refractivity contribution in [2.75, 3.05) is 11.9 Å². The maximum atomic E-state index is 6.00. The van der Waals surface area contributed by atoms with Crippen molar-refractivity contribution in [3.63, 3.8) is 0 Å². The molecule has 0 amide bonds. The number of aryl methyl sites for hydroxylation is 1. The van der Waals surface area contributed by atoms with Crippen molar-refractivity contribution in [1.82, 2.24) is 9.36 Å².